The summed E-state index contributed by atoms with van der Waals surface area (Å²) in [5, 5.41) is 10.0. The van der Waals surface area contributed by atoms with Gasteiger partial charge in [-0.1, -0.05) is 23.2 Å². The van der Waals surface area contributed by atoms with Gasteiger partial charge in [0.25, 0.3) is 0 Å². The van der Waals surface area contributed by atoms with E-state index in [-0.39, 0.29) is 4.88 Å². The van der Waals surface area contributed by atoms with Crippen LogP contribution in [-0.4, -0.2) is 11.1 Å². The number of thiophene rings is 1. The van der Waals surface area contributed by atoms with Crippen molar-refractivity contribution in [1.82, 2.24) is 0 Å². The first kappa shape index (κ1) is 11.8. The van der Waals surface area contributed by atoms with Gasteiger partial charge in [0.1, 0.15) is 17.2 Å². The van der Waals surface area contributed by atoms with Crippen LogP contribution < -0.4 is 4.74 Å². The molecule has 0 bridgehead atoms. The van der Waals surface area contributed by atoms with Crippen LogP contribution in [0.15, 0.2) is 18.2 Å². The third kappa shape index (κ3) is 1.68. The molecule has 0 spiro atoms. The maximum atomic E-state index is 11.0. The van der Waals surface area contributed by atoms with E-state index in [1.807, 2.05) is 0 Å². The Morgan fingerprint density at radius 1 is 1.33 bits per heavy atom. The number of ether oxygens (including phenoxy) is 1. The highest BCUT2D eigenvalue weighted by molar-refractivity contribution is 7.17. The molecule has 3 rings (SSSR count). The molecule has 0 fully saturated rings. The van der Waals surface area contributed by atoms with Crippen molar-refractivity contribution < 1.29 is 14.6 Å². The van der Waals surface area contributed by atoms with Crippen molar-refractivity contribution in [1.29, 1.82) is 0 Å². The van der Waals surface area contributed by atoms with Crippen LogP contribution in [0.2, 0.25) is 10.0 Å². The molecule has 6 heteroatoms. The van der Waals surface area contributed by atoms with E-state index in [9.17, 15) is 4.79 Å². The number of rotatable bonds is 1. The molecule has 92 valence electrons. The van der Waals surface area contributed by atoms with Crippen molar-refractivity contribution in [2.24, 2.45) is 0 Å². The lowest BCUT2D eigenvalue weighted by Gasteiger charge is -2.19. The van der Waals surface area contributed by atoms with Gasteiger partial charge in [0.2, 0.25) is 0 Å². The number of halogens is 2. The van der Waals surface area contributed by atoms with Crippen LogP contribution in [0.4, 0.5) is 0 Å². The van der Waals surface area contributed by atoms with E-state index in [1.165, 1.54) is 11.3 Å². The van der Waals surface area contributed by atoms with Crippen molar-refractivity contribution in [3.05, 3.63) is 38.7 Å². The molecule has 1 aromatic carbocycles. The number of carboxylic acids is 1. The lowest BCUT2D eigenvalue weighted by Crippen LogP contribution is -2.03. The number of carbonyl (C=O) groups is 1. The van der Waals surface area contributed by atoms with E-state index >= 15 is 0 Å². The van der Waals surface area contributed by atoms with Gasteiger partial charge in [-0.3, -0.25) is 0 Å². The minimum absolute atomic E-state index is 0.271. The summed E-state index contributed by atoms with van der Waals surface area (Å²) in [6, 6.07) is 4.96. The molecule has 2 heterocycles. The van der Waals surface area contributed by atoms with E-state index in [2.05, 4.69) is 0 Å². The fourth-order valence-corrected chi connectivity index (χ4v) is 3.46. The van der Waals surface area contributed by atoms with Gasteiger partial charge in [-0.05, 0) is 18.2 Å². The smallest absolute Gasteiger partial charge is 0.345 e. The summed E-state index contributed by atoms with van der Waals surface area (Å²) in [7, 11) is 0. The molecular weight excluding hydrogens is 295 g/mol. The standard InChI is InChI=1S/C12H6Cl2O3S/c13-6-1-2-7(14)10-9(6)11-5(4-17-10)3-8(18-11)12(15)16/h1-3H,4H2,(H,15,16). The highest BCUT2D eigenvalue weighted by Crippen LogP contribution is 2.49. The summed E-state index contributed by atoms with van der Waals surface area (Å²) in [5.74, 6) is -0.426. The summed E-state index contributed by atoms with van der Waals surface area (Å²) >= 11 is 13.4. The summed E-state index contributed by atoms with van der Waals surface area (Å²) in [5.41, 5.74) is 1.51. The topological polar surface area (TPSA) is 46.5 Å². The largest absolute Gasteiger partial charge is 0.487 e. The first-order valence-electron chi connectivity index (χ1n) is 5.05. The lowest BCUT2D eigenvalue weighted by atomic mass is 10.1. The molecule has 0 atom stereocenters. The Morgan fingerprint density at radius 3 is 2.78 bits per heavy atom. The second kappa shape index (κ2) is 4.16. The fraction of sp³-hybridized carbons (Fsp3) is 0.0833. The maximum Gasteiger partial charge on any atom is 0.345 e. The molecule has 1 aliphatic heterocycles. The van der Waals surface area contributed by atoms with Gasteiger partial charge in [-0.2, -0.15) is 0 Å². The zero-order valence-corrected chi connectivity index (χ0v) is 11.2. The second-order valence-corrected chi connectivity index (χ2v) is 5.66. The van der Waals surface area contributed by atoms with E-state index in [0.717, 1.165) is 10.4 Å². The third-order valence-corrected chi connectivity index (χ3v) is 4.47. The quantitative estimate of drug-likeness (QED) is 0.853. The predicted octanol–water partition coefficient (Wildman–Crippen LogP) is 4.31. The zero-order valence-electron chi connectivity index (χ0n) is 8.87. The highest BCUT2D eigenvalue weighted by Gasteiger charge is 2.26. The van der Waals surface area contributed by atoms with Crippen molar-refractivity contribution in [3.63, 3.8) is 0 Å². The third-order valence-electron chi connectivity index (χ3n) is 2.68. The Bertz CT molecular complexity index is 664. The Kier molecular flexibility index (Phi) is 2.73. The summed E-state index contributed by atoms with van der Waals surface area (Å²) in [4.78, 5) is 12.1. The van der Waals surface area contributed by atoms with E-state index < -0.39 is 5.97 Å². The molecule has 0 saturated heterocycles. The normalized spacial score (nSPS) is 12.6. The Hall–Kier alpha value is -1.23. The molecule has 0 saturated carbocycles. The molecule has 18 heavy (non-hydrogen) atoms. The van der Waals surface area contributed by atoms with E-state index in [4.69, 9.17) is 33.0 Å². The lowest BCUT2D eigenvalue weighted by molar-refractivity contribution is 0.0702. The van der Waals surface area contributed by atoms with E-state index in [0.29, 0.717) is 28.0 Å². The predicted molar refractivity (Wildman–Crippen MR) is 71.1 cm³/mol. The van der Waals surface area contributed by atoms with Crippen molar-refractivity contribution in [2.75, 3.05) is 0 Å². The van der Waals surface area contributed by atoms with Crippen LogP contribution in [0.5, 0.6) is 5.75 Å². The zero-order chi connectivity index (χ0) is 12.9. The summed E-state index contributed by atoms with van der Waals surface area (Å²) < 4.78 is 5.55. The average Bonchev–Trinajstić information content (AvgIpc) is 2.77. The number of benzene rings is 1. The van der Waals surface area contributed by atoms with Gasteiger partial charge in [0.05, 0.1) is 15.6 Å². The van der Waals surface area contributed by atoms with Crippen LogP contribution in [0.3, 0.4) is 0 Å². The summed E-state index contributed by atoms with van der Waals surface area (Å²) in [6.45, 7) is 0.312. The van der Waals surface area contributed by atoms with Crippen molar-refractivity contribution in [2.45, 2.75) is 6.61 Å². The Labute approximate surface area is 117 Å². The van der Waals surface area contributed by atoms with Crippen LogP contribution in [0.1, 0.15) is 15.2 Å². The Balaban J connectivity index is 2.28. The second-order valence-electron chi connectivity index (χ2n) is 3.79. The molecule has 1 aromatic heterocycles. The molecular formula is C12H6Cl2O3S. The van der Waals surface area contributed by atoms with Gasteiger partial charge in [0.15, 0.2) is 0 Å². The van der Waals surface area contributed by atoms with Crippen LogP contribution >= 0.6 is 34.5 Å². The first-order chi connectivity index (χ1) is 8.58. The molecule has 0 aliphatic carbocycles. The number of hydrogen-bond acceptors (Lipinski definition) is 3. The van der Waals surface area contributed by atoms with Crippen molar-refractivity contribution >= 4 is 40.5 Å². The molecule has 0 unspecified atom stereocenters. The number of hydrogen-bond donors (Lipinski definition) is 1. The Morgan fingerprint density at radius 2 is 2.06 bits per heavy atom. The number of aromatic carboxylic acids is 1. The van der Waals surface area contributed by atoms with Gasteiger partial charge in [0, 0.05) is 10.4 Å². The molecule has 1 N–H and O–H groups in total. The molecule has 0 radical (unpaired) electrons. The minimum atomic E-state index is -0.950. The maximum absolute atomic E-state index is 11.0. The van der Waals surface area contributed by atoms with Crippen LogP contribution in [-0.2, 0) is 6.61 Å². The molecule has 3 nitrogen and oxygen atoms in total. The molecule has 1 aliphatic rings. The number of fused-ring (bicyclic) bond motifs is 3. The van der Waals surface area contributed by atoms with Gasteiger partial charge < -0.3 is 9.84 Å². The average molecular weight is 301 g/mol. The fourth-order valence-electron chi connectivity index (χ4n) is 1.89. The first-order valence-corrected chi connectivity index (χ1v) is 6.62. The van der Waals surface area contributed by atoms with E-state index in [1.54, 1.807) is 18.2 Å². The monoisotopic (exact) mass is 300 g/mol. The SMILES string of the molecule is O=C(O)c1cc2c(s1)-c1c(Cl)ccc(Cl)c1OC2. The van der Waals surface area contributed by atoms with Crippen LogP contribution in [0.25, 0.3) is 10.4 Å². The number of carboxylic acid groups (broad SMARTS) is 1. The van der Waals surface area contributed by atoms with Gasteiger partial charge >= 0.3 is 5.97 Å². The minimum Gasteiger partial charge on any atom is -0.487 e. The van der Waals surface area contributed by atoms with Gasteiger partial charge in [-0.15, -0.1) is 11.3 Å². The van der Waals surface area contributed by atoms with Gasteiger partial charge in [-0.25, -0.2) is 4.79 Å². The van der Waals surface area contributed by atoms with Crippen LogP contribution in [0, 0.1) is 0 Å². The highest BCUT2D eigenvalue weighted by atomic mass is 35.5. The van der Waals surface area contributed by atoms with Crippen molar-refractivity contribution in [3.8, 4) is 16.2 Å². The molecule has 0 amide bonds. The molecule has 2 aromatic rings. The summed E-state index contributed by atoms with van der Waals surface area (Å²) in [6.07, 6.45) is 0.